The molecule has 2 amide bonds. The minimum Gasteiger partial charge on any atom is -0.345 e. The van der Waals surface area contributed by atoms with Crippen LogP contribution in [0.5, 0.6) is 0 Å². The molecule has 118 valence electrons. The van der Waals surface area contributed by atoms with E-state index in [0.717, 1.165) is 32.5 Å². The van der Waals surface area contributed by atoms with E-state index < -0.39 is 11.8 Å². The molecule has 0 aliphatic carbocycles. The van der Waals surface area contributed by atoms with Gasteiger partial charge in [0.15, 0.2) is 0 Å². The number of hydrogen-bond acceptors (Lipinski definition) is 3. The van der Waals surface area contributed by atoms with Crippen LogP contribution in [-0.2, 0) is 16.1 Å². The summed E-state index contributed by atoms with van der Waals surface area (Å²) < 4.78 is 0. The molecule has 1 aromatic rings. The summed E-state index contributed by atoms with van der Waals surface area (Å²) >= 11 is 0. The van der Waals surface area contributed by atoms with E-state index in [-0.39, 0.29) is 6.04 Å². The Labute approximate surface area is 131 Å². The van der Waals surface area contributed by atoms with Crippen LogP contribution in [0.4, 0.5) is 0 Å². The molecule has 0 spiro atoms. The number of amides is 2. The summed E-state index contributed by atoms with van der Waals surface area (Å²) in [5, 5.41) is 5.28. The van der Waals surface area contributed by atoms with Crippen LogP contribution in [-0.4, -0.2) is 42.4 Å². The maximum atomic E-state index is 11.7. The largest absolute Gasteiger partial charge is 0.345 e. The molecule has 1 aliphatic rings. The zero-order valence-electron chi connectivity index (χ0n) is 12.8. The Bertz CT molecular complexity index is 508. The van der Waals surface area contributed by atoms with Crippen LogP contribution in [0.2, 0.25) is 0 Å². The first-order chi connectivity index (χ1) is 10.7. The number of rotatable bonds is 5. The topological polar surface area (TPSA) is 61.4 Å². The van der Waals surface area contributed by atoms with Crippen molar-refractivity contribution in [1.82, 2.24) is 15.5 Å². The fraction of sp³-hybridized carbons (Fsp3) is 0.412. The molecule has 1 saturated heterocycles. The van der Waals surface area contributed by atoms with E-state index in [2.05, 4.69) is 34.2 Å². The lowest BCUT2D eigenvalue weighted by molar-refractivity contribution is -0.139. The van der Waals surface area contributed by atoms with Gasteiger partial charge in [-0.1, -0.05) is 36.4 Å². The molecular weight excluding hydrogens is 278 g/mol. The molecule has 0 radical (unpaired) electrons. The fourth-order valence-corrected chi connectivity index (χ4v) is 2.57. The molecular formula is C17H23N3O2. The van der Waals surface area contributed by atoms with Crippen molar-refractivity contribution in [2.75, 3.05) is 19.6 Å². The number of hydrogen-bond donors (Lipinski definition) is 2. The number of piperidine rings is 1. The second kappa shape index (κ2) is 8.34. The molecule has 1 heterocycles. The van der Waals surface area contributed by atoms with Gasteiger partial charge in [0.05, 0.1) is 0 Å². The predicted octanol–water partition coefficient (Wildman–Crippen LogP) is 1.07. The van der Waals surface area contributed by atoms with Crippen molar-refractivity contribution in [3.8, 4) is 0 Å². The highest BCUT2D eigenvalue weighted by Crippen LogP contribution is 2.13. The van der Waals surface area contributed by atoms with E-state index in [0.29, 0.717) is 6.54 Å². The predicted molar refractivity (Wildman–Crippen MR) is 86.1 cm³/mol. The van der Waals surface area contributed by atoms with E-state index in [1.54, 1.807) is 6.08 Å². The number of carbonyl (C=O) groups is 2. The zero-order valence-corrected chi connectivity index (χ0v) is 12.8. The molecule has 2 rings (SSSR count). The first-order valence-corrected chi connectivity index (χ1v) is 7.65. The summed E-state index contributed by atoms with van der Waals surface area (Å²) in [6.07, 6.45) is 3.29. The van der Waals surface area contributed by atoms with E-state index in [9.17, 15) is 9.59 Å². The fourth-order valence-electron chi connectivity index (χ4n) is 2.57. The van der Waals surface area contributed by atoms with Crippen LogP contribution in [0.15, 0.2) is 43.0 Å². The van der Waals surface area contributed by atoms with Crippen molar-refractivity contribution in [2.45, 2.75) is 25.4 Å². The molecule has 22 heavy (non-hydrogen) atoms. The third-order valence-corrected chi connectivity index (χ3v) is 3.78. The van der Waals surface area contributed by atoms with Gasteiger partial charge in [-0.05, 0) is 18.4 Å². The molecule has 0 atom stereocenters. The van der Waals surface area contributed by atoms with Gasteiger partial charge >= 0.3 is 11.8 Å². The van der Waals surface area contributed by atoms with Crippen molar-refractivity contribution >= 4 is 11.8 Å². The maximum absolute atomic E-state index is 11.7. The van der Waals surface area contributed by atoms with Crippen molar-refractivity contribution in [1.29, 1.82) is 0 Å². The lowest BCUT2D eigenvalue weighted by Gasteiger charge is -2.32. The van der Waals surface area contributed by atoms with Crippen LogP contribution in [0, 0.1) is 0 Å². The lowest BCUT2D eigenvalue weighted by Crippen LogP contribution is -2.48. The first kappa shape index (κ1) is 16.2. The van der Waals surface area contributed by atoms with Gasteiger partial charge in [-0.2, -0.15) is 0 Å². The third-order valence-electron chi connectivity index (χ3n) is 3.78. The molecule has 1 aliphatic heterocycles. The van der Waals surface area contributed by atoms with E-state index in [1.165, 1.54) is 5.56 Å². The number of nitrogens with zero attached hydrogens (tertiary/aromatic N) is 1. The molecule has 1 aromatic carbocycles. The van der Waals surface area contributed by atoms with E-state index >= 15 is 0 Å². The second-order valence-electron chi connectivity index (χ2n) is 5.51. The third kappa shape index (κ3) is 5.00. The highest BCUT2D eigenvalue weighted by Gasteiger charge is 2.23. The van der Waals surface area contributed by atoms with Crippen LogP contribution in [0.1, 0.15) is 18.4 Å². The van der Waals surface area contributed by atoms with Crippen molar-refractivity contribution in [3.63, 3.8) is 0 Å². The van der Waals surface area contributed by atoms with Crippen LogP contribution in [0.25, 0.3) is 0 Å². The van der Waals surface area contributed by atoms with Gasteiger partial charge in [0.2, 0.25) is 0 Å². The SMILES string of the molecule is C=CCNC(=O)C(=O)NC1CCN(Cc2ccccc2)CC1. The van der Waals surface area contributed by atoms with Crippen molar-refractivity contribution in [3.05, 3.63) is 48.6 Å². The summed E-state index contributed by atoms with van der Waals surface area (Å²) in [5.74, 6) is -1.14. The second-order valence-corrected chi connectivity index (χ2v) is 5.51. The molecule has 1 fully saturated rings. The monoisotopic (exact) mass is 301 g/mol. The number of likely N-dealkylation sites (tertiary alicyclic amines) is 1. The Morgan fingerprint density at radius 1 is 1.18 bits per heavy atom. The molecule has 2 N–H and O–H groups in total. The average Bonchev–Trinajstić information content (AvgIpc) is 2.55. The standard InChI is InChI=1S/C17H23N3O2/c1-2-10-18-16(21)17(22)19-15-8-11-20(12-9-15)13-14-6-4-3-5-7-14/h2-7,15H,1,8-13H2,(H,18,21)(H,19,22). The Hall–Kier alpha value is -2.14. The normalized spacial score (nSPS) is 16.0. The molecule has 5 heteroatoms. The van der Waals surface area contributed by atoms with Gasteiger partial charge in [0, 0.05) is 32.2 Å². The molecule has 5 nitrogen and oxygen atoms in total. The molecule has 0 saturated carbocycles. The maximum Gasteiger partial charge on any atom is 0.309 e. The summed E-state index contributed by atoms with van der Waals surface area (Å²) in [5.41, 5.74) is 1.30. The van der Waals surface area contributed by atoms with E-state index in [4.69, 9.17) is 0 Å². The summed E-state index contributed by atoms with van der Waals surface area (Å²) in [6, 6.07) is 10.4. The van der Waals surface area contributed by atoms with Crippen LogP contribution in [0.3, 0.4) is 0 Å². The number of nitrogens with one attached hydrogen (secondary N) is 2. The Balaban J connectivity index is 1.72. The average molecular weight is 301 g/mol. The van der Waals surface area contributed by atoms with Gasteiger partial charge in [-0.25, -0.2) is 0 Å². The number of carbonyl (C=O) groups excluding carboxylic acids is 2. The first-order valence-electron chi connectivity index (χ1n) is 7.65. The lowest BCUT2D eigenvalue weighted by atomic mass is 10.0. The van der Waals surface area contributed by atoms with Crippen molar-refractivity contribution in [2.24, 2.45) is 0 Å². The van der Waals surface area contributed by atoms with Gasteiger partial charge in [-0.3, -0.25) is 14.5 Å². The smallest absolute Gasteiger partial charge is 0.309 e. The van der Waals surface area contributed by atoms with Gasteiger partial charge in [0.1, 0.15) is 0 Å². The summed E-state index contributed by atoms with van der Waals surface area (Å²) in [6.45, 7) is 6.59. The molecule has 0 unspecified atom stereocenters. The summed E-state index contributed by atoms with van der Waals surface area (Å²) in [7, 11) is 0. The zero-order chi connectivity index (χ0) is 15.8. The Morgan fingerprint density at radius 2 is 1.86 bits per heavy atom. The number of benzene rings is 1. The van der Waals surface area contributed by atoms with E-state index in [1.807, 2.05) is 18.2 Å². The van der Waals surface area contributed by atoms with Crippen LogP contribution >= 0.6 is 0 Å². The Kier molecular flexibility index (Phi) is 6.15. The minimum atomic E-state index is -0.591. The van der Waals surface area contributed by atoms with Crippen LogP contribution < -0.4 is 10.6 Å². The molecule has 0 bridgehead atoms. The van der Waals surface area contributed by atoms with Gasteiger partial charge < -0.3 is 10.6 Å². The Morgan fingerprint density at radius 3 is 2.50 bits per heavy atom. The highest BCUT2D eigenvalue weighted by atomic mass is 16.2. The van der Waals surface area contributed by atoms with Gasteiger partial charge in [0.25, 0.3) is 0 Å². The quantitative estimate of drug-likeness (QED) is 0.632. The summed E-state index contributed by atoms with van der Waals surface area (Å²) in [4.78, 5) is 25.6. The van der Waals surface area contributed by atoms with Crippen molar-refractivity contribution < 1.29 is 9.59 Å². The highest BCUT2D eigenvalue weighted by molar-refractivity contribution is 6.35. The minimum absolute atomic E-state index is 0.0778. The van der Waals surface area contributed by atoms with Gasteiger partial charge in [-0.15, -0.1) is 6.58 Å². The molecule has 0 aromatic heterocycles.